The number of nitrogens with zero attached hydrogens (tertiary/aromatic N) is 1. The van der Waals surface area contributed by atoms with Crippen LogP contribution in [0.5, 0.6) is 0 Å². The highest BCUT2D eigenvalue weighted by molar-refractivity contribution is 5.82. The minimum atomic E-state index is -0.387. The van der Waals surface area contributed by atoms with E-state index < -0.39 is 0 Å². The number of rotatable bonds is 2. The Kier molecular flexibility index (Phi) is 2.65. The second kappa shape index (κ2) is 3.53. The first-order valence-corrected chi connectivity index (χ1v) is 3.83. The fourth-order valence-electron chi connectivity index (χ4n) is 1.31. The Labute approximate surface area is 66.6 Å². The fraction of sp³-hybridized carbons (Fsp3) is 0.625. The number of piperidine rings is 1. The Balaban J connectivity index is 2.50. The van der Waals surface area contributed by atoms with Crippen LogP contribution in [0.15, 0.2) is 12.7 Å². The standard InChI is InChI=1S/C8H13N2O/c1-2-3-6-4-5-10-8(11)7(6)9/h2,6-7H,1,3-5,9H2. The van der Waals surface area contributed by atoms with E-state index in [2.05, 4.69) is 11.9 Å². The van der Waals surface area contributed by atoms with Crippen LogP contribution in [-0.2, 0) is 4.79 Å². The SMILES string of the molecule is C=CCC1CC[N]C(=O)C1N. The molecule has 0 aromatic carbocycles. The molecule has 1 amide bonds. The predicted octanol–water partition coefficient (Wildman–Crippen LogP) is 0.0407. The molecule has 1 aliphatic heterocycles. The number of hydrogen-bond acceptors (Lipinski definition) is 2. The summed E-state index contributed by atoms with van der Waals surface area (Å²) in [5.41, 5.74) is 5.62. The van der Waals surface area contributed by atoms with Crippen LogP contribution in [0, 0.1) is 5.92 Å². The maximum atomic E-state index is 11.0. The summed E-state index contributed by atoms with van der Waals surface area (Å²) >= 11 is 0. The van der Waals surface area contributed by atoms with Gasteiger partial charge in [0.2, 0.25) is 0 Å². The number of hydrogen-bond donors (Lipinski definition) is 1. The molecule has 0 aliphatic carbocycles. The third-order valence-electron chi connectivity index (χ3n) is 2.03. The van der Waals surface area contributed by atoms with E-state index in [1.165, 1.54) is 0 Å². The lowest BCUT2D eigenvalue weighted by molar-refractivity contribution is -0.125. The Morgan fingerprint density at radius 1 is 1.82 bits per heavy atom. The van der Waals surface area contributed by atoms with E-state index >= 15 is 0 Å². The van der Waals surface area contributed by atoms with E-state index in [4.69, 9.17) is 5.73 Å². The van der Waals surface area contributed by atoms with Gasteiger partial charge in [-0.2, -0.15) is 0 Å². The second-order valence-electron chi connectivity index (χ2n) is 2.82. The van der Waals surface area contributed by atoms with E-state index in [1.807, 2.05) is 6.08 Å². The molecule has 0 aromatic rings. The van der Waals surface area contributed by atoms with Gasteiger partial charge >= 0.3 is 0 Å². The number of nitrogens with two attached hydrogens (primary N) is 1. The third kappa shape index (κ3) is 1.80. The number of amides is 1. The average Bonchev–Trinajstić information content (AvgIpc) is 1.99. The first-order chi connectivity index (χ1) is 5.25. The summed E-state index contributed by atoms with van der Waals surface area (Å²) in [5, 5.41) is 3.75. The molecule has 0 saturated carbocycles. The maximum Gasteiger partial charge on any atom is 0.258 e. The average molecular weight is 153 g/mol. The molecule has 2 N–H and O–H groups in total. The van der Waals surface area contributed by atoms with Gasteiger partial charge in [0, 0.05) is 6.54 Å². The van der Waals surface area contributed by atoms with Gasteiger partial charge in [0.1, 0.15) is 0 Å². The molecule has 1 fully saturated rings. The quantitative estimate of drug-likeness (QED) is 0.569. The van der Waals surface area contributed by atoms with E-state index in [9.17, 15) is 4.79 Å². The third-order valence-corrected chi connectivity index (χ3v) is 2.03. The highest BCUT2D eigenvalue weighted by Gasteiger charge is 2.28. The van der Waals surface area contributed by atoms with Crippen molar-refractivity contribution in [2.24, 2.45) is 11.7 Å². The summed E-state index contributed by atoms with van der Waals surface area (Å²) in [4.78, 5) is 11.0. The van der Waals surface area contributed by atoms with Gasteiger partial charge in [0.05, 0.1) is 6.04 Å². The molecular weight excluding hydrogens is 140 g/mol. The van der Waals surface area contributed by atoms with Crippen LogP contribution in [0.1, 0.15) is 12.8 Å². The fourth-order valence-corrected chi connectivity index (χ4v) is 1.31. The van der Waals surface area contributed by atoms with Crippen LogP contribution in [0.3, 0.4) is 0 Å². The number of carbonyl (C=O) groups is 1. The minimum Gasteiger partial charge on any atom is -0.320 e. The molecule has 0 aromatic heterocycles. The van der Waals surface area contributed by atoms with Gasteiger partial charge in [-0.1, -0.05) is 6.08 Å². The largest absolute Gasteiger partial charge is 0.320 e. The van der Waals surface area contributed by atoms with Crippen molar-refractivity contribution in [2.45, 2.75) is 18.9 Å². The van der Waals surface area contributed by atoms with Gasteiger partial charge in [-0.25, -0.2) is 0 Å². The normalized spacial score (nSPS) is 31.2. The molecule has 3 heteroatoms. The molecule has 1 saturated heterocycles. The van der Waals surface area contributed by atoms with Crippen LogP contribution in [0.4, 0.5) is 0 Å². The lowest BCUT2D eigenvalue weighted by atomic mass is 9.90. The lowest BCUT2D eigenvalue weighted by Gasteiger charge is -2.25. The van der Waals surface area contributed by atoms with Gasteiger partial charge in [0.15, 0.2) is 0 Å². The topological polar surface area (TPSA) is 57.2 Å². The zero-order valence-electron chi connectivity index (χ0n) is 6.49. The van der Waals surface area contributed by atoms with Crippen molar-refractivity contribution in [3.05, 3.63) is 12.7 Å². The Bertz CT molecular complexity index is 167. The maximum absolute atomic E-state index is 11.0. The molecule has 2 atom stereocenters. The molecule has 1 aliphatic rings. The Hall–Kier alpha value is -0.830. The van der Waals surface area contributed by atoms with E-state index in [1.54, 1.807) is 0 Å². The van der Waals surface area contributed by atoms with Gasteiger partial charge in [0.25, 0.3) is 5.91 Å². The second-order valence-corrected chi connectivity index (χ2v) is 2.82. The minimum absolute atomic E-state index is 0.150. The summed E-state index contributed by atoms with van der Waals surface area (Å²) in [7, 11) is 0. The molecule has 0 bridgehead atoms. The summed E-state index contributed by atoms with van der Waals surface area (Å²) in [5.74, 6) is 0.112. The van der Waals surface area contributed by atoms with E-state index in [-0.39, 0.29) is 17.9 Å². The molecule has 1 heterocycles. The molecule has 1 rings (SSSR count). The Morgan fingerprint density at radius 2 is 2.55 bits per heavy atom. The van der Waals surface area contributed by atoms with Crippen molar-refractivity contribution in [3.8, 4) is 0 Å². The van der Waals surface area contributed by atoms with Crippen molar-refractivity contribution in [1.82, 2.24) is 5.32 Å². The first kappa shape index (κ1) is 8.27. The van der Waals surface area contributed by atoms with Crippen molar-refractivity contribution in [3.63, 3.8) is 0 Å². The molecule has 0 spiro atoms. The monoisotopic (exact) mass is 153 g/mol. The van der Waals surface area contributed by atoms with E-state index in [0.717, 1.165) is 12.8 Å². The summed E-state index contributed by atoms with van der Waals surface area (Å²) in [6, 6.07) is -0.387. The van der Waals surface area contributed by atoms with Gasteiger partial charge < -0.3 is 5.73 Å². The van der Waals surface area contributed by atoms with Crippen molar-refractivity contribution >= 4 is 5.91 Å². The van der Waals surface area contributed by atoms with Gasteiger partial charge in [-0.3, -0.25) is 10.1 Å². The molecule has 1 radical (unpaired) electrons. The Morgan fingerprint density at radius 3 is 3.18 bits per heavy atom. The van der Waals surface area contributed by atoms with Crippen LogP contribution < -0.4 is 11.1 Å². The zero-order valence-corrected chi connectivity index (χ0v) is 6.49. The van der Waals surface area contributed by atoms with Crippen LogP contribution >= 0.6 is 0 Å². The highest BCUT2D eigenvalue weighted by Crippen LogP contribution is 2.16. The molecule has 11 heavy (non-hydrogen) atoms. The highest BCUT2D eigenvalue weighted by atomic mass is 16.2. The number of carbonyl (C=O) groups excluding carboxylic acids is 1. The van der Waals surface area contributed by atoms with Gasteiger partial charge in [-0.05, 0) is 18.8 Å². The molecule has 61 valence electrons. The van der Waals surface area contributed by atoms with Crippen molar-refractivity contribution < 1.29 is 4.79 Å². The molecular formula is C8H13N2O. The van der Waals surface area contributed by atoms with Crippen LogP contribution in [0.25, 0.3) is 0 Å². The lowest BCUT2D eigenvalue weighted by Crippen LogP contribution is -2.47. The van der Waals surface area contributed by atoms with Crippen LogP contribution in [0.2, 0.25) is 0 Å². The smallest absolute Gasteiger partial charge is 0.258 e. The van der Waals surface area contributed by atoms with Crippen molar-refractivity contribution in [2.75, 3.05) is 6.54 Å². The van der Waals surface area contributed by atoms with E-state index in [0.29, 0.717) is 6.54 Å². The molecule has 3 nitrogen and oxygen atoms in total. The summed E-state index contributed by atoms with van der Waals surface area (Å²) in [6.45, 7) is 4.25. The van der Waals surface area contributed by atoms with Crippen molar-refractivity contribution in [1.29, 1.82) is 0 Å². The summed E-state index contributed by atoms with van der Waals surface area (Å²) < 4.78 is 0. The first-order valence-electron chi connectivity index (χ1n) is 3.83. The van der Waals surface area contributed by atoms with Gasteiger partial charge in [-0.15, -0.1) is 6.58 Å². The number of allylic oxidation sites excluding steroid dienone is 1. The summed E-state index contributed by atoms with van der Waals surface area (Å²) in [6.07, 6.45) is 3.55. The predicted molar refractivity (Wildman–Crippen MR) is 42.9 cm³/mol. The molecule has 2 unspecified atom stereocenters. The zero-order chi connectivity index (χ0) is 8.27. The van der Waals surface area contributed by atoms with Crippen LogP contribution in [-0.4, -0.2) is 18.5 Å².